The van der Waals surface area contributed by atoms with Gasteiger partial charge >= 0.3 is 5.97 Å². The molecular weight excluding hydrogens is 479 g/mol. The number of nitrogens with zero attached hydrogens (tertiary/aromatic N) is 1. The summed E-state index contributed by atoms with van der Waals surface area (Å²) in [4.78, 5) is 39.1. The van der Waals surface area contributed by atoms with Gasteiger partial charge in [-0.05, 0) is 67.1 Å². The molecule has 9 heteroatoms. The Labute approximate surface area is 205 Å². The molecule has 1 aliphatic rings. The average Bonchev–Trinajstić information content (AvgIpc) is 3.03. The van der Waals surface area contributed by atoms with Gasteiger partial charge in [-0.2, -0.15) is 0 Å². The van der Waals surface area contributed by atoms with E-state index >= 15 is 0 Å². The Morgan fingerprint density at radius 1 is 0.912 bits per heavy atom. The number of ether oxygens (including phenoxy) is 2. The minimum atomic E-state index is -0.641. The second kappa shape index (κ2) is 9.59. The Morgan fingerprint density at radius 3 is 2.29 bits per heavy atom. The maximum Gasteiger partial charge on any atom is 0.343 e. The third-order valence-corrected chi connectivity index (χ3v) is 5.65. The number of aryl methyl sites for hydroxylation is 1. The monoisotopic (exact) mass is 496 g/mol. The molecule has 3 aromatic rings. The zero-order valence-electron chi connectivity index (χ0n) is 18.1. The summed E-state index contributed by atoms with van der Waals surface area (Å²) in [5.41, 5.74) is 1.74. The lowest BCUT2D eigenvalue weighted by atomic mass is 10.2. The molecule has 0 saturated carbocycles. The van der Waals surface area contributed by atoms with E-state index in [2.05, 4.69) is 5.32 Å². The van der Waals surface area contributed by atoms with Gasteiger partial charge < -0.3 is 14.8 Å². The van der Waals surface area contributed by atoms with Crippen LogP contribution < -0.4 is 19.7 Å². The summed E-state index contributed by atoms with van der Waals surface area (Å²) in [7, 11) is 1.52. The highest BCUT2D eigenvalue weighted by Crippen LogP contribution is 2.33. The Balaban J connectivity index is 1.49. The normalized spacial score (nSPS) is 13.4. The van der Waals surface area contributed by atoms with Crippen LogP contribution in [0.25, 0.3) is 0 Å². The van der Waals surface area contributed by atoms with Crippen molar-refractivity contribution in [2.75, 3.05) is 17.3 Å². The number of amides is 2. The van der Waals surface area contributed by atoms with Crippen LogP contribution in [0.1, 0.15) is 15.9 Å². The number of benzene rings is 3. The highest BCUT2D eigenvalue weighted by molar-refractivity contribution is 6.53. The van der Waals surface area contributed by atoms with E-state index in [4.69, 9.17) is 32.7 Å². The minimum absolute atomic E-state index is 0.0623. The molecule has 0 fully saturated rings. The molecule has 34 heavy (non-hydrogen) atoms. The van der Waals surface area contributed by atoms with Gasteiger partial charge in [-0.3, -0.25) is 9.59 Å². The number of hydrogen-bond donors (Lipinski definition) is 1. The van der Waals surface area contributed by atoms with Crippen LogP contribution in [0.3, 0.4) is 0 Å². The zero-order chi connectivity index (χ0) is 24.4. The number of nitrogens with one attached hydrogen (secondary N) is 1. The molecule has 1 N–H and O–H groups in total. The van der Waals surface area contributed by atoms with E-state index in [0.29, 0.717) is 39.0 Å². The van der Waals surface area contributed by atoms with Crippen LogP contribution in [-0.4, -0.2) is 24.9 Å². The molecule has 0 unspecified atom stereocenters. The molecule has 0 bridgehead atoms. The lowest BCUT2D eigenvalue weighted by Gasteiger charge is -2.17. The summed E-state index contributed by atoms with van der Waals surface area (Å²) in [6.45, 7) is 1.74. The number of carbonyl (C=O) groups is 3. The second-order valence-corrected chi connectivity index (χ2v) is 8.15. The summed E-state index contributed by atoms with van der Waals surface area (Å²) < 4.78 is 10.5. The number of halogens is 2. The van der Waals surface area contributed by atoms with Gasteiger partial charge in [-0.15, -0.1) is 0 Å². The molecule has 0 spiro atoms. The largest absolute Gasteiger partial charge is 0.497 e. The minimum Gasteiger partial charge on any atom is -0.497 e. The number of hydrogen-bond acceptors (Lipinski definition) is 6. The van der Waals surface area contributed by atoms with Crippen LogP contribution in [0.4, 0.5) is 11.4 Å². The van der Waals surface area contributed by atoms with Gasteiger partial charge in [0, 0.05) is 16.8 Å². The Kier molecular flexibility index (Phi) is 6.58. The zero-order valence-corrected chi connectivity index (χ0v) is 19.6. The quantitative estimate of drug-likeness (QED) is 0.282. The lowest BCUT2D eigenvalue weighted by Crippen LogP contribution is -2.32. The summed E-state index contributed by atoms with van der Waals surface area (Å²) in [5, 5.41) is 3.13. The molecule has 0 aromatic heterocycles. The van der Waals surface area contributed by atoms with Crippen LogP contribution in [0.5, 0.6) is 11.5 Å². The van der Waals surface area contributed by atoms with Crippen molar-refractivity contribution in [1.29, 1.82) is 0 Å². The standard InChI is InChI=1S/C25H18Cl2N2O5/c1-14-12-16(26)8-11-20(14)29-23(30)21(27)22(24(29)31)28-17-9-6-15(7-10-17)25(32)34-19-5-3-4-18(13-19)33-2/h3-13,28H,1-2H3. The van der Waals surface area contributed by atoms with Crippen molar-refractivity contribution in [2.45, 2.75) is 6.92 Å². The number of imide groups is 1. The Hall–Kier alpha value is -3.81. The number of methoxy groups -OCH3 is 1. The fraction of sp³-hybridized carbons (Fsp3) is 0.0800. The first-order chi connectivity index (χ1) is 16.3. The smallest absolute Gasteiger partial charge is 0.343 e. The van der Waals surface area contributed by atoms with E-state index in [1.54, 1.807) is 61.5 Å². The van der Waals surface area contributed by atoms with Crippen LogP contribution in [-0.2, 0) is 9.59 Å². The van der Waals surface area contributed by atoms with Crippen LogP contribution >= 0.6 is 23.2 Å². The van der Waals surface area contributed by atoms with Gasteiger partial charge in [-0.1, -0.05) is 29.3 Å². The number of anilines is 2. The van der Waals surface area contributed by atoms with Gasteiger partial charge in [0.2, 0.25) is 0 Å². The first kappa shape index (κ1) is 23.4. The third-order valence-electron chi connectivity index (χ3n) is 5.07. The number of esters is 1. The van der Waals surface area contributed by atoms with Crippen LogP contribution in [0, 0.1) is 6.92 Å². The maximum atomic E-state index is 13.0. The van der Waals surface area contributed by atoms with Crippen LogP contribution in [0.15, 0.2) is 77.5 Å². The van der Waals surface area contributed by atoms with E-state index in [0.717, 1.165) is 4.90 Å². The van der Waals surface area contributed by atoms with E-state index in [9.17, 15) is 14.4 Å². The molecule has 1 heterocycles. The molecule has 172 valence electrons. The first-order valence-electron chi connectivity index (χ1n) is 10.1. The summed E-state index contributed by atoms with van der Waals surface area (Å²) in [6.07, 6.45) is 0. The topological polar surface area (TPSA) is 84.9 Å². The molecule has 3 aromatic carbocycles. The van der Waals surface area contributed by atoms with Gasteiger partial charge in [-0.25, -0.2) is 9.69 Å². The molecule has 1 aliphatic heterocycles. The van der Waals surface area contributed by atoms with Gasteiger partial charge in [0.05, 0.1) is 18.4 Å². The van der Waals surface area contributed by atoms with Crippen molar-refractivity contribution in [3.05, 3.63) is 93.6 Å². The molecule has 0 aliphatic carbocycles. The lowest BCUT2D eigenvalue weighted by molar-refractivity contribution is -0.120. The van der Waals surface area contributed by atoms with E-state index in [-0.39, 0.29) is 10.7 Å². The van der Waals surface area contributed by atoms with Gasteiger partial charge in [0.25, 0.3) is 11.8 Å². The average molecular weight is 497 g/mol. The fourth-order valence-corrected chi connectivity index (χ4v) is 3.80. The van der Waals surface area contributed by atoms with E-state index in [1.807, 2.05) is 0 Å². The second-order valence-electron chi connectivity index (χ2n) is 7.34. The highest BCUT2D eigenvalue weighted by Gasteiger charge is 2.39. The molecule has 0 saturated heterocycles. The SMILES string of the molecule is COc1cccc(OC(=O)c2ccc(NC3=C(Cl)C(=O)N(c4ccc(Cl)cc4C)C3=O)cc2)c1. The van der Waals surface area contributed by atoms with Crippen molar-refractivity contribution < 1.29 is 23.9 Å². The molecule has 0 radical (unpaired) electrons. The Bertz CT molecular complexity index is 1340. The molecule has 4 rings (SSSR count). The Morgan fingerprint density at radius 2 is 1.62 bits per heavy atom. The van der Waals surface area contributed by atoms with Gasteiger partial charge in [0.15, 0.2) is 0 Å². The van der Waals surface area contributed by atoms with Crippen molar-refractivity contribution in [3.8, 4) is 11.5 Å². The summed E-state index contributed by atoms with van der Waals surface area (Å²) >= 11 is 12.2. The molecule has 0 atom stereocenters. The maximum absolute atomic E-state index is 13.0. The van der Waals surface area contributed by atoms with E-state index < -0.39 is 17.8 Å². The van der Waals surface area contributed by atoms with Gasteiger partial charge in [0.1, 0.15) is 22.2 Å². The number of rotatable bonds is 6. The predicted octanol–water partition coefficient (Wildman–Crippen LogP) is 5.31. The molecule has 7 nitrogen and oxygen atoms in total. The van der Waals surface area contributed by atoms with Crippen molar-refractivity contribution in [1.82, 2.24) is 0 Å². The third kappa shape index (κ3) is 4.62. The van der Waals surface area contributed by atoms with Crippen molar-refractivity contribution in [2.24, 2.45) is 0 Å². The molecule has 2 amide bonds. The predicted molar refractivity (Wildman–Crippen MR) is 130 cm³/mol. The first-order valence-corrected chi connectivity index (χ1v) is 10.8. The van der Waals surface area contributed by atoms with Crippen molar-refractivity contribution in [3.63, 3.8) is 0 Å². The fourth-order valence-electron chi connectivity index (χ4n) is 3.36. The summed E-state index contributed by atoms with van der Waals surface area (Å²) in [5.74, 6) is -0.890. The van der Waals surface area contributed by atoms with Crippen molar-refractivity contribution >= 4 is 52.4 Å². The highest BCUT2D eigenvalue weighted by atomic mass is 35.5. The van der Waals surface area contributed by atoms with Crippen LogP contribution in [0.2, 0.25) is 5.02 Å². The van der Waals surface area contributed by atoms with E-state index in [1.165, 1.54) is 19.2 Å². The number of carbonyl (C=O) groups excluding carboxylic acids is 3. The summed E-state index contributed by atoms with van der Waals surface area (Å²) in [6, 6.07) is 17.7. The molecular formula is C25H18Cl2N2O5.